The molecule has 0 heterocycles. The van der Waals surface area contributed by atoms with Crippen LogP contribution in [0.15, 0.2) is 36.4 Å². The predicted molar refractivity (Wildman–Crippen MR) is 111 cm³/mol. The molecule has 2 aromatic rings. The van der Waals surface area contributed by atoms with E-state index in [9.17, 15) is 4.79 Å². The van der Waals surface area contributed by atoms with E-state index in [1.807, 2.05) is 24.3 Å². The summed E-state index contributed by atoms with van der Waals surface area (Å²) in [5, 5.41) is 0. The number of rotatable bonds is 5. The minimum absolute atomic E-state index is 0.0743. The zero-order chi connectivity index (χ0) is 19.7. The van der Waals surface area contributed by atoms with Gasteiger partial charge in [-0.25, -0.2) is 0 Å². The first-order valence-electron chi connectivity index (χ1n) is 10.3. The second-order valence-corrected chi connectivity index (χ2v) is 8.21. The zero-order valence-electron chi connectivity index (χ0n) is 16.7. The van der Waals surface area contributed by atoms with E-state index in [0.717, 1.165) is 47.5 Å². The third-order valence-corrected chi connectivity index (χ3v) is 6.29. The number of carbonyl (C=O) groups excluding carboxylic acids is 1. The highest BCUT2D eigenvalue weighted by Gasteiger charge is 2.35. The number of methoxy groups -OCH3 is 1. The summed E-state index contributed by atoms with van der Waals surface area (Å²) < 4.78 is 11.8. The third-order valence-electron chi connectivity index (χ3n) is 6.29. The summed E-state index contributed by atoms with van der Waals surface area (Å²) in [6, 6.07) is 12.0. The lowest BCUT2D eigenvalue weighted by Gasteiger charge is -2.19. The largest absolute Gasteiger partial charge is 0.493 e. The number of aryl methyl sites for hydroxylation is 1. The third kappa shape index (κ3) is 3.73. The molecule has 0 spiro atoms. The molecule has 0 radical (unpaired) electrons. The average molecular weight is 380 g/mol. The second kappa shape index (κ2) is 7.86. The quantitative estimate of drug-likeness (QED) is 0.731. The predicted octanol–water partition coefficient (Wildman–Crippen LogP) is 5.14. The van der Waals surface area contributed by atoms with Gasteiger partial charge in [-0.3, -0.25) is 4.79 Å². The van der Waals surface area contributed by atoms with Crippen LogP contribution in [0, 0.1) is 6.92 Å². The van der Waals surface area contributed by atoms with Crippen LogP contribution in [0.5, 0.6) is 11.5 Å². The highest BCUT2D eigenvalue weighted by molar-refractivity contribution is 5.89. The molecule has 2 aromatic carbocycles. The Morgan fingerprint density at radius 2 is 1.82 bits per heavy atom. The number of nitrogen functional groups attached to an aromatic ring is 1. The van der Waals surface area contributed by atoms with E-state index in [0.29, 0.717) is 17.9 Å². The van der Waals surface area contributed by atoms with Gasteiger partial charge in [0, 0.05) is 18.0 Å². The summed E-state index contributed by atoms with van der Waals surface area (Å²) in [6.45, 7) is 2.05. The maximum absolute atomic E-state index is 12.8. The van der Waals surface area contributed by atoms with Gasteiger partial charge in [0.15, 0.2) is 11.5 Å². The monoisotopic (exact) mass is 379 g/mol. The Morgan fingerprint density at radius 3 is 2.57 bits per heavy atom. The molecule has 0 amide bonds. The number of ether oxygens (including phenoxy) is 2. The van der Waals surface area contributed by atoms with E-state index < -0.39 is 0 Å². The van der Waals surface area contributed by atoms with Crippen LogP contribution in [0.3, 0.4) is 0 Å². The molecule has 0 aliphatic heterocycles. The van der Waals surface area contributed by atoms with Crippen molar-refractivity contribution in [1.82, 2.24) is 0 Å². The van der Waals surface area contributed by atoms with Gasteiger partial charge in [0.25, 0.3) is 0 Å². The molecular formula is C24H29NO3. The number of hydrogen-bond acceptors (Lipinski definition) is 4. The summed E-state index contributed by atoms with van der Waals surface area (Å²) in [6.07, 6.45) is 6.32. The normalized spacial score (nSPS) is 22.6. The van der Waals surface area contributed by atoms with Crippen LogP contribution in [0.2, 0.25) is 0 Å². The molecule has 2 unspecified atom stereocenters. The van der Waals surface area contributed by atoms with Crippen LogP contribution in [-0.2, 0) is 4.79 Å². The van der Waals surface area contributed by atoms with Gasteiger partial charge < -0.3 is 15.2 Å². The lowest BCUT2D eigenvalue weighted by Crippen LogP contribution is -2.12. The minimum Gasteiger partial charge on any atom is -0.493 e. The number of carbonyl (C=O) groups is 1. The molecule has 148 valence electrons. The Labute approximate surface area is 167 Å². The van der Waals surface area contributed by atoms with Crippen LogP contribution in [0.4, 0.5) is 5.69 Å². The molecule has 0 bridgehead atoms. The van der Waals surface area contributed by atoms with Crippen LogP contribution < -0.4 is 15.2 Å². The smallest absolute Gasteiger partial charge is 0.161 e. The van der Waals surface area contributed by atoms with Gasteiger partial charge in [-0.1, -0.05) is 12.1 Å². The van der Waals surface area contributed by atoms with Crippen molar-refractivity contribution in [2.45, 2.75) is 63.4 Å². The molecule has 2 aliphatic carbocycles. The highest BCUT2D eigenvalue weighted by Crippen LogP contribution is 2.44. The van der Waals surface area contributed by atoms with E-state index in [4.69, 9.17) is 15.2 Å². The fraction of sp³-hybridized carbons (Fsp3) is 0.458. The van der Waals surface area contributed by atoms with E-state index >= 15 is 0 Å². The van der Waals surface area contributed by atoms with E-state index in [1.165, 1.54) is 12.8 Å². The minimum atomic E-state index is -0.0743. The number of ketones is 1. The van der Waals surface area contributed by atoms with Gasteiger partial charge in [-0.05, 0) is 85.9 Å². The maximum Gasteiger partial charge on any atom is 0.161 e. The molecule has 4 heteroatoms. The second-order valence-electron chi connectivity index (χ2n) is 8.21. The van der Waals surface area contributed by atoms with Gasteiger partial charge in [-0.2, -0.15) is 0 Å². The Kier molecular flexibility index (Phi) is 5.29. The van der Waals surface area contributed by atoms with Crippen LogP contribution in [0.25, 0.3) is 0 Å². The zero-order valence-corrected chi connectivity index (χ0v) is 16.7. The van der Waals surface area contributed by atoms with Crippen LogP contribution >= 0.6 is 0 Å². The fourth-order valence-corrected chi connectivity index (χ4v) is 4.70. The van der Waals surface area contributed by atoms with Crippen molar-refractivity contribution in [3.05, 3.63) is 53.1 Å². The molecule has 2 fully saturated rings. The van der Waals surface area contributed by atoms with Gasteiger partial charge in [0.1, 0.15) is 5.78 Å². The first kappa shape index (κ1) is 18.9. The standard InChI is InChI=1S/C24H29NO3/c1-15-7-9-18(25)14-20(15)21-11-17(12-22(21)26)16-8-10-23(27-2)24(13-16)28-19-5-3-4-6-19/h7-10,13-14,17,19,21H,3-6,11-12,25H2,1-2H3. The molecule has 2 aliphatic rings. The Hall–Kier alpha value is -2.49. The number of benzene rings is 2. The topological polar surface area (TPSA) is 61.5 Å². The average Bonchev–Trinajstić information content (AvgIpc) is 3.33. The van der Waals surface area contributed by atoms with E-state index in [-0.39, 0.29) is 17.9 Å². The molecule has 28 heavy (non-hydrogen) atoms. The van der Waals surface area contributed by atoms with Crippen LogP contribution in [0.1, 0.15) is 67.1 Å². The van der Waals surface area contributed by atoms with Gasteiger partial charge in [0.2, 0.25) is 0 Å². The Morgan fingerprint density at radius 1 is 1.04 bits per heavy atom. The molecule has 0 saturated heterocycles. The van der Waals surface area contributed by atoms with Gasteiger partial charge >= 0.3 is 0 Å². The Bertz CT molecular complexity index is 870. The number of anilines is 1. The van der Waals surface area contributed by atoms with Crippen molar-refractivity contribution in [1.29, 1.82) is 0 Å². The van der Waals surface area contributed by atoms with Gasteiger partial charge in [-0.15, -0.1) is 0 Å². The SMILES string of the molecule is COc1ccc(C2CC(=O)C(c3cc(N)ccc3C)C2)cc1OC1CCCC1. The lowest BCUT2D eigenvalue weighted by molar-refractivity contribution is -0.118. The van der Waals surface area contributed by atoms with E-state index in [1.54, 1.807) is 7.11 Å². The lowest BCUT2D eigenvalue weighted by atomic mass is 9.90. The molecule has 4 rings (SSSR count). The van der Waals surface area contributed by atoms with E-state index in [2.05, 4.69) is 19.1 Å². The van der Waals surface area contributed by atoms with Crippen molar-refractivity contribution in [2.75, 3.05) is 12.8 Å². The van der Waals surface area contributed by atoms with Crippen molar-refractivity contribution in [3.8, 4) is 11.5 Å². The molecule has 4 nitrogen and oxygen atoms in total. The Balaban J connectivity index is 1.57. The number of nitrogens with two attached hydrogens (primary N) is 1. The summed E-state index contributed by atoms with van der Waals surface area (Å²) in [5.41, 5.74) is 10.1. The summed E-state index contributed by atoms with van der Waals surface area (Å²) in [4.78, 5) is 12.8. The maximum atomic E-state index is 12.8. The summed E-state index contributed by atoms with van der Waals surface area (Å²) in [5.74, 6) is 2.00. The van der Waals surface area contributed by atoms with Crippen molar-refractivity contribution in [2.24, 2.45) is 0 Å². The fourth-order valence-electron chi connectivity index (χ4n) is 4.70. The van der Waals surface area contributed by atoms with Crippen LogP contribution in [-0.4, -0.2) is 19.0 Å². The number of Topliss-reactive ketones (excluding diaryl/α,β-unsaturated/α-hetero) is 1. The molecule has 2 saturated carbocycles. The molecule has 2 N–H and O–H groups in total. The highest BCUT2D eigenvalue weighted by atomic mass is 16.5. The molecule has 2 atom stereocenters. The molecule has 0 aromatic heterocycles. The summed E-state index contributed by atoms with van der Waals surface area (Å²) >= 11 is 0. The first-order valence-corrected chi connectivity index (χ1v) is 10.3. The summed E-state index contributed by atoms with van der Waals surface area (Å²) in [7, 11) is 1.67. The van der Waals surface area contributed by atoms with Crippen molar-refractivity contribution in [3.63, 3.8) is 0 Å². The van der Waals surface area contributed by atoms with Gasteiger partial charge in [0.05, 0.1) is 13.2 Å². The number of hydrogen-bond donors (Lipinski definition) is 1. The first-order chi connectivity index (χ1) is 13.5. The van der Waals surface area contributed by atoms with Crippen molar-refractivity contribution < 1.29 is 14.3 Å². The molecular weight excluding hydrogens is 350 g/mol. The van der Waals surface area contributed by atoms with Crippen molar-refractivity contribution >= 4 is 11.5 Å².